The fraction of sp³-hybridized carbons (Fsp3) is 0.429. The van der Waals surface area contributed by atoms with E-state index in [0.717, 1.165) is 0 Å². The normalized spacial score (nSPS) is 36.2. The van der Waals surface area contributed by atoms with Crippen molar-refractivity contribution in [2.75, 3.05) is 0 Å². The highest BCUT2D eigenvalue weighted by Crippen LogP contribution is 2.54. The Hall–Kier alpha value is -2.95. The first kappa shape index (κ1) is 22.3. The van der Waals surface area contributed by atoms with Crippen LogP contribution in [0.2, 0.25) is 0 Å². The summed E-state index contributed by atoms with van der Waals surface area (Å²) in [7, 11) is 0. The number of hydrogen-bond donors (Lipinski definition) is 4. The van der Waals surface area contributed by atoms with Crippen LogP contribution in [-0.2, 0) is 19.2 Å². The number of aliphatic hydroxyl groups is 2. The van der Waals surface area contributed by atoms with Crippen LogP contribution in [0.25, 0.3) is 0 Å². The first-order valence-electron chi connectivity index (χ1n) is 9.76. The van der Waals surface area contributed by atoms with Crippen molar-refractivity contribution in [2.24, 2.45) is 29.4 Å². The Balaban J connectivity index is 1.91. The highest BCUT2D eigenvalue weighted by molar-refractivity contribution is 6.68. The highest BCUT2D eigenvalue weighted by Gasteiger charge is 2.69. The fourth-order valence-electron chi connectivity index (χ4n) is 5.51. The first-order valence-corrected chi connectivity index (χ1v) is 10.1. The van der Waals surface area contributed by atoms with Crippen molar-refractivity contribution in [1.82, 2.24) is 0 Å². The van der Waals surface area contributed by atoms with E-state index in [4.69, 9.17) is 17.3 Å². The molecule has 1 amide bonds. The van der Waals surface area contributed by atoms with Crippen LogP contribution < -0.4 is 5.73 Å². The van der Waals surface area contributed by atoms with Crippen LogP contribution in [-0.4, -0.2) is 61.3 Å². The zero-order valence-corrected chi connectivity index (χ0v) is 17.3. The fourth-order valence-corrected chi connectivity index (χ4v) is 5.67. The minimum atomic E-state index is -2.99. The molecule has 1 aromatic rings. The summed E-state index contributed by atoms with van der Waals surface area (Å²) < 4.78 is 0. The number of aromatic hydroxyl groups is 1. The number of Topliss-reactive ketones (excluding diaryl/α,β-unsaturated/α-hetero) is 4. The third-order valence-corrected chi connectivity index (χ3v) is 7.27. The summed E-state index contributed by atoms with van der Waals surface area (Å²) in [5, 5.41) is 31.6. The van der Waals surface area contributed by atoms with Gasteiger partial charge in [-0.05, 0) is 29.1 Å². The lowest BCUT2D eigenvalue weighted by molar-refractivity contribution is -0.189. The zero-order valence-electron chi connectivity index (χ0n) is 16.6. The van der Waals surface area contributed by atoms with Gasteiger partial charge in [-0.2, -0.15) is 0 Å². The van der Waals surface area contributed by atoms with E-state index in [1.165, 1.54) is 12.1 Å². The molecule has 7 atom stereocenters. The minimum absolute atomic E-state index is 0.233. The van der Waals surface area contributed by atoms with Gasteiger partial charge in [0, 0.05) is 18.3 Å². The summed E-state index contributed by atoms with van der Waals surface area (Å²) in [4.78, 5) is 75.2. The van der Waals surface area contributed by atoms with Crippen molar-refractivity contribution < 1.29 is 44.1 Å². The molecule has 168 valence electrons. The van der Waals surface area contributed by atoms with Gasteiger partial charge in [-0.15, -0.1) is 0 Å². The minimum Gasteiger partial charge on any atom is -0.506 e. The molecule has 0 bridgehead atoms. The number of primary amides is 1. The molecule has 11 heteroatoms. The van der Waals surface area contributed by atoms with E-state index in [-0.39, 0.29) is 16.7 Å². The van der Waals surface area contributed by atoms with Crippen molar-refractivity contribution >= 4 is 45.9 Å². The zero-order chi connectivity index (χ0) is 23.9. The number of phenols is 1. The quantitative estimate of drug-likeness (QED) is 0.322. The van der Waals surface area contributed by atoms with E-state index in [2.05, 4.69) is 0 Å². The Kier molecular flexibility index (Phi) is 4.89. The second kappa shape index (κ2) is 7.03. The molecule has 0 spiro atoms. The number of hydrogen-bond acceptors (Lipinski definition) is 9. The van der Waals surface area contributed by atoms with Crippen LogP contribution in [0, 0.1) is 23.7 Å². The molecule has 32 heavy (non-hydrogen) atoms. The summed E-state index contributed by atoms with van der Waals surface area (Å²) in [6.07, 6.45) is -2.31. The van der Waals surface area contributed by atoms with Gasteiger partial charge >= 0.3 is 0 Å². The SMILES string of the molecule is C[C@H]1c2ccc(C(=O)Cl)c(O)c2C(=O)C2C(=O)[C@]3(O)C(=O)C(C(N)=O)C(=O)C[C@@H]3[C@@H](O)[C@@H]21. The van der Waals surface area contributed by atoms with Crippen molar-refractivity contribution in [1.29, 1.82) is 0 Å². The van der Waals surface area contributed by atoms with Gasteiger partial charge in [0.2, 0.25) is 5.91 Å². The number of halogens is 1. The molecule has 0 radical (unpaired) electrons. The molecular formula is C21H18ClNO9. The molecule has 1 aromatic carbocycles. The Bertz CT molecular complexity index is 1140. The maximum atomic E-state index is 13.4. The Morgan fingerprint density at radius 1 is 1.16 bits per heavy atom. The van der Waals surface area contributed by atoms with E-state index in [1.54, 1.807) is 6.92 Å². The number of benzene rings is 1. The molecule has 10 nitrogen and oxygen atoms in total. The van der Waals surface area contributed by atoms with E-state index in [1.807, 2.05) is 0 Å². The Morgan fingerprint density at radius 2 is 1.78 bits per heavy atom. The van der Waals surface area contributed by atoms with Crippen molar-refractivity contribution in [3.8, 4) is 5.75 Å². The average molecular weight is 464 g/mol. The van der Waals surface area contributed by atoms with Crippen molar-refractivity contribution in [2.45, 2.75) is 31.0 Å². The van der Waals surface area contributed by atoms with Crippen LogP contribution in [0.15, 0.2) is 12.1 Å². The lowest BCUT2D eigenvalue weighted by atomic mass is 9.50. The third-order valence-electron chi connectivity index (χ3n) is 7.07. The highest BCUT2D eigenvalue weighted by atomic mass is 35.5. The summed E-state index contributed by atoms with van der Waals surface area (Å²) in [6, 6.07) is 2.56. The monoisotopic (exact) mass is 463 g/mol. The van der Waals surface area contributed by atoms with Crippen LogP contribution in [0.5, 0.6) is 5.75 Å². The molecule has 2 saturated carbocycles. The molecule has 0 heterocycles. The number of fused-ring (bicyclic) bond motifs is 3. The first-order chi connectivity index (χ1) is 14.8. The summed E-state index contributed by atoms with van der Waals surface area (Å²) in [6.45, 7) is 1.56. The number of rotatable bonds is 2. The number of phenolic OH excluding ortho intramolecular Hbond substituents is 1. The van der Waals surface area contributed by atoms with Gasteiger partial charge in [-0.1, -0.05) is 13.0 Å². The Labute approximate surface area is 185 Å². The smallest absolute Gasteiger partial charge is 0.256 e. The Morgan fingerprint density at radius 3 is 2.34 bits per heavy atom. The van der Waals surface area contributed by atoms with E-state index in [0.29, 0.717) is 0 Å². The second-order valence-corrected chi connectivity index (χ2v) is 8.85. The van der Waals surface area contributed by atoms with Gasteiger partial charge in [0.15, 0.2) is 34.7 Å². The lowest BCUT2D eigenvalue weighted by Gasteiger charge is -2.52. The predicted molar refractivity (Wildman–Crippen MR) is 105 cm³/mol. The third kappa shape index (κ3) is 2.60. The van der Waals surface area contributed by atoms with Crippen LogP contribution >= 0.6 is 11.6 Å². The van der Waals surface area contributed by atoms with Gasteiger partial charge in [0.25, 0.3) is 5.24 Å². The standard InChI is InChI=1S/C21H18ClNO9/c1-5-6-2-3-7(19(22)30)14(25)11(6)16(27)13-10(5)15(26)8-4-9(24)12(20(23)31)17(28)21(8,32)18(13)29/h2-3,5,8,10,12-13,15,25-26,32H,4H2,1H3,(H2,23,31)/t5-,8+,10+,12?,13?,15+,21+/m0/s1. The van der Waals surface area contributed by atoms with E-state index >= 15 is 0 Å². The molecule has 2 fully saturated rings. The van der Waals surface area contributed by atoms with Gasteiger partial charge in [-0.25, -0.2) is 0 Å². The second-order valence-electron chi connectivity index (χ2n) is 8.51. The number of aliphatic hydroxyl groups excluding tert-OH is 1. The lowest BCUT2D eigenvalue weighted by Crippen LogP contribution is -2.72. The van der Waals surface area contributed by atoms with Crippen LogP contribution in [0.4, 0.5) is 0 Å². The molecule has 5 N–H and O–H groups in total. The van der Waals surface area contributed by atoms with Crippen molar-refractivity contribution in [3.63, 3.8) is 0 Å². The topological polar surface area (TPSA) is 189 Å². The van der Waals surface area contributed by atoms with Crippen LogP contribution in [0.3, 0.4) is 0 Å². The molecule has 2 unspecified atom stereocenters. The van der Waals surface area contributed by atoms with Crippen molar-refractivity contribution in [3.05, 3.63) is 28.8 Å². The van der Waals surface area contributed by atoms with E-state index < -0.39 is 87.7 Å². The van der Waals surface area contributed by atoms with Gasteiger partial charge in [0.1, 0.15) is 5.75 Å². The molecule has 3 aliphatic rings. The number of nitrogens with two attached hydrogens (primary N) is 1. The molecule has 3 aliphatic carbocycles. The summed E-state index contributed by atoms with van der Waals surface area (Å²) in [5.74, 6) is -14.1. The molecule has 0 aromatic heterocycles. The largest absolute Gasteiger partial charge is 0.506 e. The predicted octanol–water partition coefficient (Wildman–Crippen LogP) is -0.762. The number of carbonyl (C=O) groups is 6. The molecular weight excluding hydrogens is 446 g/mol. The van der Waals surface area contributed by atoms with E-state index in [9.17, 15) is 44.1 Å². The maximum absolute atomic E-state index is 13.4. The molecule has 4 rings (SSSR count). The van der Waals surface area contributed by atoms with Gasteiger partial charge < -0.3 is 21.1 Å². The summed E-state index contributed by atoms with van der Waals surface area (Å²) in [5.41, 5.74) is 1.60. The molecule has 0 saturated heterocycles. The van der Waals surface area contributed by atoms with Gasteiger partial charge in [-0.3, -0.25) is 28.8 Å². The number of amides is 1. The number of ketones is 4. The average Bonchev–Trinajstić information content (AvgIpc) is 2.70. The number of carbonyl (C=O) groups excluding carboxylic acids is 6. The van der Waals surface area contributed by atoms with Gasteiger partial charge in [0.05, 0.1) is 23.1 Å². The molecule has 0 aliphatic heterocycles. The van der Waals surface area contributed by atoms with Crippen LogP contribution in [0.1, 0.15) is 45.5 Å². The summed E-state index contributed by atoms with van der Waals surface area (Å²) >= 11 is 5.44. The maximum Gasteiger partial charge on any atom is 0.256 e.